The monoisotopic (exact) mass is 705 g/mol. The standard InChI is InChI=1S/C27H43N7O15/c1-11(2)21(29)26(47)34-16(10-20(41)42)25(46)33-15(9-19(39)40)24(45)32-14(8-18(37)38)23(44)31-13(7-17(35)36)22(43)30-12(27(48)49)5-3-4-6-28/h11-16,21H,3-10,28-29H2,1-2H3,(H,30,43)(H,31,44)(H,32,45)(H,33,46)(H,34,47)(H,35,36)(H,37,38)(H,39,40)(H,41,42)(H,48,49)/t12-,13-,14-,15-,16-,21-/m0/s1. The molecular formula is C27H43N7O15. The first-order chi connectivity index (χ1) is 22.7. The summed E-state index contributed by atoms with van der Waals surface area (Å²) in [4.78, 5) is 122. The highest BCUT2D eigenvalue weighted by Gasteiger charge is 2.35. The Hall–Kier alpha value is -5.38. The summed E-state index contributed by atoms with van der Waals surface area (Å²) < 4.78 is 0. The lowest BCUT2D eigenvalue weighted by Gasteiger charge is -2.26. The zero-order chi connectivity index (χ0) is 38.0. The van der Waals surface area contributed by atoms with Crippen LogP contribution in [0.4, 0.5) is 0 Å². The third-order valence-electron chi connectivity index (χ3n) is 6.63. The highest BCUT2D eigenvalue weighted by atomic mass is 16.4. The molecule has 0 fully saturated rings. The van der Waals surface area contributed by atoms with Crippen molar-refractivity contribution in [3.05, 3.63) is 0 Å². The molecule has 0 rings (SSSR count). The van der Waals surface area contributed by atoms with Gasteiger partial charge in [0, 0.05) is 0 Å². The predicted molar refractivity (Wildman–Crippen MR) is 162 cm³/mol. The number of amides is 5. The number of carboxylic acids is 5. The smallest absolute Gasteiger partial charge is 0.326 e. The van der Waals surface area contributed by atoms with Crippen LogP contribution < -0.4 is 38.1 Å². The van der Waals surface area contributed by atoms with E-state index in [9.17, 15) is 73.5 Å². The molecule has 0 spiro atoms. The minimum atomic E-state index is -2.12. The van der Waals surface area contributed by atoms with Gasteiger partial charge < -0.3 is 63.6 Å². The molecule has 0 bridgehead atoms. The van der Waals surface area contributed by atoms with Gasteiger partial charge in [0.1, 0.15) is 30.2 Å². The molecule has 6 atom stereocenters. The summed E-state index contributed by atoms with van der Waals surface area (Å²) in [6.45, 7) is 3.33. The fraction of sp³-hybridized carbons (Fsp3) is 0.630. The van der Waals surface area contributed by atoms with E-state index in [4.69, 9.17) is 11.5 Å². The summed E-state index contributed by atoms with van der Waals surface area (Å²) in [7, 11) is 0. The van der Waals surface area contributed by atoms with Gasteiger partial charge in [-0.2, -0.15) is 0 Å². The minimum Gasteiger partial charge on any atom is -0.481 e. The van der Waals surface area contributed by atoms with Gasteiger partial charge in [-0.3, -0.25) is 43.2 Å². The van der Waals surface area contributed by atoms with Crippen LogP contribution in [-0.2, 0) is 47.9 Å². The number of unbranched alkanes of at least 4 members (excludes halogenated alkanes) is 1. The Kier molecular flexibility index (Phi) is 19.1. The summed E-state index contributed by atoms with van der Waals surface area (Å²) in [5.41, 5.74) is 11.1. The number of carbonyl (C=O) groups excluding carboxylic acids is 5. The molecule has 0 saturated carbocycles. The third kappa shape index (κ3) is 17.4. The first kappa shape index (κ1) is 43.6. The molecule has 0 heterocycles. The Labute approximate surface area is 278 Å². The van der Waals surface area contributed by atoms with E-state index in [-0.39, 0.29) is 19.4 Å². The molecule has 0 aliphatic carbocycles. The van der Waals surface area contributed by atoms with E-state index < -0.39 is 127 Å². The van der Waals surface area contributed by atoms with Gasteiger partial charge in [-0.15, -0.1) is 0 Å². The summed E-state index contributed by atoms with van der Waals surface area (Å²) in [6, 6.07) is -10.8. The molecule has 0 radical (unpaired) electrons. The van der Waals surface area contributed by atoms with Crippen molar-refractivity contribution in [1.29, 1.82) is 0 Å². The summed E-state index contributed by atoms with van der Waals surface area (Å²) in [6.07, 6.45) is -4.00. The molecule has 0 aromatic carbocycles. The average molecular weight is 706 g/mol. The Bertz CT molecular complexity index is 1260. The molecule has 0 saturated heterocycles. The van der Waals surface area contributed by atoms with E-state index in [0.717, 1.165) is 0 Å². The second-order valence-electron chi connectivity index (χ2n) is 11.1. The summed E-state index contributed by atoms with van der Waals surface area (Å²) >= 11 is 0. The van der Waals surface area contributed by atoms with Gasteiger partial charge in [0.25, 0.3) is 0 Å². The van der Waals surface area contributed by atoms with Crippen LogP contribution in [-0.4, -0.2) is 128 Å². The van der Waals surface area contributed by atoms with Crippen molar-refractivity contribution < 1.29 is 73.5 Å². The highest BCUT2D eigenvalue weighted by Crippen LogP contribution is 2.06. The molecule has 0 aliphatic rings. The number of carbonyl (C=O) groups is 10. The van der Waals surface area contributed by atoms with Crippen LogP contribution in [0.5, 0.6) is 0 Å². The molecule has 0 unspecified atom stereocenters. The van der Waals surface area contributed by atoms with E-state index in [0.29, 0.717) is 6.42 Å². The van der Waals surface area contributed by atoms with Crippen LogP contribution in [0, 0.1) is 5.92 Å². The quantitative estimate of drug-likeness (QED) is 0.0421. The van der Waals surface area contributed by atoms with E-state index >= 15 is 0 Å². The van der Waals surface area contributed by atoms with Crippen molar-refractivity contribution in [1.82, 2.24) is 26.6 Å². The minimum absolute atomic E-state index is 0.109. The predicted octanol–water partition coefficient (Wildman–Crippen LogP) is -4.49. The fourth-order valence-electron chi connectivity index (χ4n) is 3.95. The lowest BCUT2D eigenvalue weighted by atomic mass is 10.0. The maximum atomic E-state index is 13.1. The fourth-order valence-corrected chi connectivity index (χ4v) is 3.95. The molecular weight excluding hydrogens is 662 g/mol. The van der Waals surface area contributed by atoms with Gasteiger partial charge in [-0.1, -0.05) is 13.8 Å². The Morgan fingerprint density at radius 2 is 0.776 bits per heavy atom. The molecule has 0 aliphatic heterocycles. The topological polar surface area (TPSA) is 384 Å². The number of nitrogens with two attached hydrogens (primary N) is 2. The van der Waals surface area contributed by atoms with Crippen LogP contribution in [0.25, 0.3) is 0 Å². The second-order valence-corrected chi connectivity index (χ2v) is 11.1. The third-order valence-corrected chi connectivity index (χ3v) is 6.63. The van der Waals surface area contributed by atoms with Crippen LogP contribution in [0.15, 0.2) is 0 Å². The molecule has 0 aromatic rings. The number of nitrogens with one attached hydrogen (secondary N) is 5. The maximum Gasteiger partial charge on any atom is 0.326 e. The molecule has 22 nitrogen and oxygen atoms in total. The molecule has 22 heteroatoms. The molecule has 49 heavy (non-hydrogen) atoms. The first-order valence-electron chi connectivity index (χ1n) is 14.8. The largest absolute Gasteiger partial charge is 0.481 e. The van der Waals surface area contributed by atoms with Crippen molar-refractivity contribution in [2.24, 2.45) is 17.4 Å². The Morgan fingerprint density at radius 3 is 1.02 bits per heavy atom. The molecule has 276 valence electrons. The van der Waals surface area contributed by atoms with Crippen molar-refractivity contribution in [2.75, 3.05) is 6.54 Å². The van der Waals surface area contributed by atoms with E-state index in [1.54, 1.807) is 13.8 Å². The van der Waals surface area contributed by atoms with Crippen LogP contribution in [0.3, 0.4) is 0 Å². The highest BCUT2D eigenvalue weighted by molar-refractivity contribution is 5.99. The second kappa shape index (κ2) is 21.5. The van der Waals surface area contributed by atoms with E-state index in [2.05, 4.69) is 10.6 Å². The van der Waals surface area contributed by atoms with E-state index in [1.807, 2.05) is 16.0 Å². The van der Waals surface area contributed by atoms with Gasteiger partial charge in [0.2, 0.25) is 29.5 Å². The van der Waals surface area contributed by atoms with Crippen molar-refractivity contribution in [3.8, 4) is 0 Å². The normalized spacial score (nSPS) is 14.5. The van der Waals surface area contributed by atoms with Gasteiger partial charge in [0.05, 0.1) is 31.7 Å². The van der Waals surface area contributed by atoms with Crippen molar-refractivity contribution in [2.45, 2.75) is 95.0 Å². The maximum absolute atomic E-state index is 13.1. The first-order valence-corrected chi connectivity index (χ1v) is 14.8. The van der Waals surface area contributed by atoms with Crippen LogP contribution in [0.2, 0.25) is 0 Å². The number of hydrogen-bond acceptors (Lipinski definition) is 12. The SMILES string of the molecule is CC(C)[C@H](N)C(=O)N[C@@H](CC(=O)O)C(=O)N[C@@H](CC(=O)O)C(=O)N[C@@H](CC(=O)O)C(=O)N[C@@H](CC(=O)O)C(=O)N[C@@H](CCCCN)C(=O)O. The van der Waals surface area contributed by atoms with Crippen molar-refractivity contribution in [3.63, 3.8) is 0 Å². The zero-order valence-corrected chi connectivity index (χ0v) is 26.7. The van der Waals surface area contributed by atoms with Gasteiger partial charge in [-0.05, 0) is 31.7 Å². The van der Waals surface area contributed by atoms with Crippen LogP contribution in [0.1, 0.15) is 58.8 Å². The average Bonchev–Trinajstić information content (AvgIpc) is 2.97. The molecule has 14 N–H and O–H groups in total. The van der Waals surface area contributed by atoms with E-state index in [1.165, 1.54) is 0 Å². The van der Waals surface area contributed by atoms with Crippen molar-refractivity contribution >= 4 is 59.4 Å². The lowest BCUT2D eigenvalue weighted by Crippen LogP contribution is -2.60. The lowest BCUT2D eigenvalue weighted by molar-refractivity contribution is -0.145. The van der Waals surface area contributed by atoms with Gasteiger partial charge in [0.15, 0.2) is 0 Å². The zero-order valence-electron chi connectivity index (χ0n) is 26.7. The van der Waals surface area contributed by atoms with Crippen LogP contribution >= 0.6 is 0 Å². The van der Waals surface area contributed by atoms with Gasteiger partial charge >= 0.3 is 29.8 Å². The Morgan fingerprint density at radius 1 is 0.490 bits per heavy atom. The Balaban J connectivity index is 6.16. The van der Waals surface area contributed by atoms with Gasteiger partial charge in [-0.25, -0.2) is 4.79 Å². The molecule has 0 aromatic heterocycles. The molecule has 5 amide bonds. The number of hydrogen-bond donors (Lipinski definition) is 12. The number of carboxylic acid groups (broad SMARTS) is 5. The number of aliphatic carboxylic acids is 5. The summed E-state index contributed by atoms with van der Waals surface area (Å²) in [5.74, 6) is -15.1. The number of rotatable bonds is 24. The summed E-state index contributed by atoms with van der Waals surface area (Å²) in [5, 5.41) is 56.4.